The minimum Gasteiger partial charge on any atom is -0.436 e. The highest BCUT2D eigenvalue weighted by molar-refractivity contribution is 5.91. The summed E-state index contributed by atoms with van der Waals surface area (Å²) in [6.45, 7) is 4.89. The molecule has 2 aliphatic rings. The summed E-state index contributed by atoms with van der Waals surface area (Å²) >= 11 is 0. The van der Waals surface area contributed by atoms with Gasteiger partial charge in [-0.05, 0) is 50.0 Å². The molecule has 1 saturated carbocycles. The Hall–Kier alpha value is -2.87. The molecule has 33 heavy (non-hydrogen) atoms. The Bertz CT molecular complexity index is 808. The summed E-state index contributed by atoms with van der Waals surface area (Å²) in [5, 5.41) is 5.60. The Balaban J connectivity index is 1.63. The minimum absolute atomic E-state index is 0.134. The van der Waals surface area contributed by atoms with Crippen molar-refractivity contribution in [1.82, 2.24) is 15.5 Å². The number of hydrogen-bond acceptors (Lipinski definition) is 5. The van der Waals surface area contributed by atoms with Crippen molar-refractivity contribution >= 4 is 17.9 Å². The molecule has 0 unspecified atom stereocenters. The van der Waals surface area contributed by atoms with Gasteiger partial charge in [-0.3, -0.25) is 9.59 Å². The number of hydrogen-bond donors (Lipinski definition) is 3. The second-order valence-corrected chi connectivity index (χ2v) is 8.97. The van der Waals surface area contributed by atoms with Crippen molar-refractivity contribution in [2.45, 2.75) is 63.1 Å². The predicted molar refractivity (Wildman–Crippen MR) is 126 cm³/mol. The summed E-state index contributed by atoms with van der Waals surface area (Å²) < 4.78 is 5.49. The van der Waals surface area contributed by atoms with E-state index in [1.165, 1.54) is 6.08 Å². The van der Waals surface area contributed by atoms with Gasteiger partial charge in [0.15, 0.2) is 6.10 Å². The van der Waals surface area contributed by atoms with E-state index >= 15 is 0 Å². The van der Waals surface area contributed by atoms with E-state index in [2.05, 4.69) is 17.2 Å². The molecule has 3 amide bonds. The number of nitrogens with zero attached hydrogens (tertiary/aromatic N) is 1. The van der Waals surface area contributed by atoms with E-state index in [4.69, 9.17) is 10.5 Å². The Morgan fingerprint density at radius 2 is 1.85 bits per heavy atom. The number of alkyl carbamates (subject to hydrolysis) is 1. The van der Waals surface area contributed by atoms with Crippen molar-refractivity contribution in [3.05, 3.63) is 48.6 Å². The first-order chi connectivity index (χ1) is 16.0. The van der Waals surface area contributed by atoms with Crippen LogP contribution in [0, 0.1) is 5.92 Å². The lowest BCUT2D eigenvalue weighted by molar-refractivity contribution is -0.145. The highest BCUT2D eigenvalue weighted by Crippen LogP contribution is 2.24. The first-order valence-electron chi connectivity index (χ1n) is 11.9. The lowest BCUT2D eigenvalue weighted by Crippen LogP contribution is -2.51. The second kappa shape index (κ2) is 12.4. The molecule has 180 valence electrons. The number of rotatable bonds is 9. The molecular weight excluding hydrogens is 420 g/mol. The molecule has 0 aromatic heterocycles. The first-order valence-corrected chi connectivity index (χ1v) is 11.9. The van der Waals surface area contributed by atoms with Gasteiger partial charge in [0.2, 0.25) is 5.91 Å². The Morgan fingerprint density at radius 3 is 2.55 bits per heavy atom. The van der Waals surface area contributed by atoms with Crippen LogP contribution in [-0.2, 0) is 20.7 Å². The third kappa shape index (κ3) is 7.32. The van der Waals surface area contributed by atoms with Crippen LogP contribution in [0.2, 0.25) is 0 Å². The molecular formula is C25H36N4O4. The van der Waals surface area contributed by atoms with Gasteiger partial charge in [-0.2, -0.15) is 0 Å². The molecule has 1 aliphatic carbocycles. The zero-order valence-corrected chi connectivity index (χ0v) is 19.2. The van der Waals surface area contributed by atoms with Crippen LogP contribution in [0.4, 0.5) is 4.79 Å². The van der Waals surface area contributed by atoms with Crippen molar-refractivity contribution in [2.24, 2.45) is 11.7 Å². The maximum Gasteiger partial charge on any atom is 0.408 e. The molecule has 2 atom stereocenters. The second-order valence-electron chi connectivity index (χ2n) is 8.97. The van der Waals surface area contributed by atoms with E-state index < -0.39 is 18.2 Å². The summed E-state index contributed by atoms with van der Waals surface area (Å²) in [7, 11) is 0. The van der Waals surface area contributed by atoms with Gasteiger partial charge in [0.1, 0.15) is 6.04 Å². The molecule has 0 spiro atoms. The molecule has 1 heterocycles. The highest BCUT2D eigenvalue weighted by Gasteiger charge is 2.38. The normalized spacial score (nSPS) is 23.4. The van der Waals surface area contributed by atoms with Crippen LogP contribution in [0.25, 0.3) is 0 Å². The van der Waals surface area contributed by atoms with Crippen LogP contribution in [0.3, 0.4) is 0 Å². The van der Waals surface area contributed by atoms with Crippen molar-refractivity contribution in [1.29, 1.82) is 0 Å². The largest absolute Gasteiger partial charge is 0.436 e. The van der Waals surface area contributed by atoms with Gasteiger partial charge in [-0.1, -0.05) is 36.4 Å². The predicted octanol–water partition coefficient (Wildman–Crippen LogP) is 2.13. The molecule has 1 aromatic rings. The molecule has 0 radical (unpaired) electrons. The number of amides is 3. The van der Waals surface area contributed by atoms with Crippen LogP contribution in [-0.4, -0.2) is 60.6 Å². The SMILES string of the molecule is C=CCNC(=O)O[C@H](Cc1ccccc1)C(=O)N1CCC[C@H]1C(=O)NCC1CCC(N)CC1. The fourth-order valence-corrected chi connectivity index (χ4v) is 4.58. The van der Waals surface area contributed by atoms with Gasteiger partial charge in [0.05, 0.1) is 0 Å². The van der Waals surface area contributed by atoms with E-state index in [-0.39, 0.29) is 30.8 Å². The molecule has 8 heteroatoms. The Morgan fingerprint density at radius 1 is 1.12 bits per heavy atom. The van der Waals surface area contributed by atoms with E-state index in [9.17, 15) is 14.4 Å². The number of carbonyl (C=O) groups excluding carboxylic acids is 3. The Kier molecular flexibility index (Phi) is 9.30. The fraction of sp³-hybridized carbons (Fsp3) is 0.560. The van der Waals surface area contributed by atoms with Gasteiger partial charge in [0.25, 0.3) is 5.91 Å². The van der Waals surface area contributed by atoms with Crippen LogP contribution in [0.1, 0.15) is 44.1 Å². The van der Waals surface area contributed by atoms with Gasteiger partial charge in [-0.25, -0.2) is 4.79 Å². The number of benzene rings is 1. The zero-order chi connectivity index (χ0) is 23.6. The number of ether oxygens (including phenoxy) is 1. The number of carbonyl (C=O) groups is 3. The summed E-state index contributed by atoms with van der Waals surface area (Å²) in [6.07, 6.45) is 5.44. The van der Waals surface area contributed by atoms with Gasteiger partial charge < -0.3 is 26.0 Å². The summed E-state index contributed by atoms with van der Waals surface area (Å²) in [5.74, 6) is -0.0405. The molecule has 2 fully saturated rings. The number of nitrogens with one attached hydrogen (secondary N) is 2. The maximum atomic E-state index is 13.4. The van der Waals surface area contributed by atoms with E-state index in [1.54, 1.807) is 4.90 Å². The molecule has 0 bridgehead atoms. The van der Waals surface area contributed by atoms with Crippen molar-refractivity contribution in [3.63, 3.8) is 0 Å². The van der Waals surface area contributed by atoms with Crippen molar-refractivity contribution in [2.75, 3.05) is 19.6 Å². The van der Waals surface area contributed by atoms with Crippen LogP contribution in [0.15, 0.2) is 43.0 Å². The van der Waals surface area contributed by atoms with E-state index in [0.29, 0.717) is 25.4 Å². The quantitative estimate of drug-likeness (QED) is 0.493. The van der Waals surface area contributed by atoms with Gasteiger partial charge in [0, 0.05) is 32.1 Å². The highest BCUT2D eigenvalue weighted by atomic mass is 16.6. The van der Waals surface area contributed by atoms with Crippen LogP contribution >= 0.6 is 0 Å². The molecule has 1 saturated heterocycles. The van der Waals surface area contributed by atoms with Crippen molar-refractivity contribution < 1.29 is 19.1 Å². The monoisotopic (exact) mass is 456 g/mol. The van der Waals surface area contributed by atoms with E-state index in [0.717, 1.165) is 37.7 Å². The lowest BCUT2D eigenvalue weighted by atomic mass is 9.86. The summed E-state index contributed by atoms with van der Waals surface area (Å²) in [5.41, 5.74) is 6.85. The first kappa shape index (κ1) is 24.8. The topological polar surface area (TPSA) is 114 Å². The molecule has 8 nitrogen and oxygen atoms in total. The molecule has 1 aromatic carbocycles. The Labute approximate surface area is 195 Å². The van der Waals surface area contributed by atoms with Gasteiger partial charge >= 0.3 is 6.09 Å². The van der Waals surface area contributed by atoms with Crippen LogP contribution in [0.5, 0.6) is 0 Å². The summed E-state index contributed by atoms with van der Waals surface area (Å²) in [6, 6.07) is 9.13. The van der Waals surface area contributed by atoms with Gasteiger partial charge in [-0.15, -0.1) is 6.58 Å². The third-order valence-corrected chi connectivity index (χ3v) is 6.47. The standard InChI is InChI=1S/C25H36N4O4/c1-2-14-27-25(32)33-22(16-18-7-4-3-5-8-18)24(31)29-15-6-9-21(29)23(30)28-17-19-10-12-20(26)13-11-19/h2-5,7-8,19-22H,1,6,9-17,26H2,(H,27,32)(H,28,30)/t19?,20?,21-,22+/m0/s1. The number of nitrogens with two attached hydrogens (primary N) is 1. The molecule has 3 rings (SSSR count). The van der Waals surface area contributed by atoms with Crippen LogP contribution < -0.4 is 16.4 Å². The average Bonchev–Trinajstić information content (AvgIpc) is 3.32. The van der Waals surface area contributed by atoms with E-state index in [1.807, 2.05) is 30.3 Å². The maximum absolute atomic E-state index is 13.4. The number of likely N-dealkylation sites (tertiary alicyclic amines) is 1. The molecule has 4 N–H and O–H groups in total. The summed E-state index contributed by atoms with van der Waals surface area (Å²) in [4.78, 5) is 40.1. The fourth-order valence-electron chi connectivity index (χ4n) is 4.58. The lowest BCUT2D eigenvalue weighted by Gasteiger charge is -2.30. The minimum atomic E-state index is -1.01. The third-order valence-electron chi connectivity index (χ3n) is 6.47. The van der Waals surface area contributed by atoms with Crippen molar-refractivity contribution in [3.8, 4) is 0 Å². The average molecular weight is 457 g/mol. The molecule has 1 aliphatic heterocycles. The smallest absolute Gasteiger partial charge is 0.408 e. The zero-order valence-electron chi connectivity index (χ0n) is 19.2.